The number of carbonyl (C=O) groups is 1. The Kier molecular flexibility index (Phi) is 3.58. The maximum atomic E-state index is 11.9. The standard InChI is InChI=1S/C16H14O2/c1-12-11-15(17)9-7-13(12)8-10-16(18)14-5-3-2-4-6-14/h2-11,17H,1H3/b10-8+. The van der Waals surface area contributed by atoms with Crippen molar-refractivity contribution in [2.45, 2.75) is 6.92 Å². The van der Waals surface area contributed by atoms with Crippen LogP contribution in [-0.2, 0) is 0 Å². The molecule has 0 bridgehead atoms. The van der Waals surface area contributed by atoms with Crippen LogP contribution < -0.4 is 0 Å². The van der Waals surface area contributed by atoms with Gasteiger partial charge in [0.05, 0.1) is 0 Å². The van der Waals surface area contributed by atoms with Crippen LogP contribution in [0.15, 0.2) is 54.6 Å². The summed E-state index contributed by atoms with van der Waals surface area (Å²) in [5.41, 5.74) is 2.54. The van der Waals surface area contributed by atoms with Gasteiger partial charge in [-0.15, -0.1) is 0 Å². The summed E-state index contributed by atoms with van der Waals surface area (Å²) >= 11 is 0. The molecule has 2 aromatic carbocycles. The lowest BCUT2D eigenvalue weighted by molar-refractivity contribution is 0.104. The van der Waals surface area contributed by atoms with E-state index in [1.807, 2.05) is 25.1 Å². The van der Waals surface area contributed by atoms with Crippen molar-refractivity contribution in [3.05, 3.63) is 71.3 Å². The van der Waals surface area contributed by atoms with Crippen molar-refractivity contribution >= 4 is 11.9 Å². The zero-order valence-electron chi connectivity index (χ0n) is 10.1. The molecule has 0 aliphatic heterocycles. The third-order valence-corrected chi connectivity index (χ3v) is 2.73. The van der Waals surface area contributed by atoms with Crippen molar-refractivity contribution in [1.29, 1.82) is 0 Å². The topological polar surface area (TPSA) is 37.3 Å². The molecule has 2 nitrogen and oxygen atoms in total. The van der Waals surface area contributed by atoms with Crippen LogP contribution in [0.1, 0.15) is 21.5 Å². The molecule has 2 heteroatoms. The monoisotopic (exact) mass is 238 g/mol. The summed E-state index contributed by atoms with van der Waals surface area (Å²) in [6.45, 7) is 1.90. The van der Waals surface area contributed by atoms with Crippen LogP contribution >= 0.6 is 0 Å². The molecule has 18 heavy (non-hydrogen) atoms. The average Bonchev–Trinajstić information content (AvgIpc) is 2.38. The maximum Gasteiger partial charge on any atom is 0.185 e. The molecule has 0 amide bonds. The first-order chi connectivity index (χ1) is 8.66. The summed E-state index contributed by atoms with van der Waals surface area (Å²) in [4.78, 5) is 11.9. The van der Waals surface area contributed by atoms with Gasteiger partial charge in [0.1, 0.15) is 5.75 Å². The molecule has 0 aliphatic rings. The summed E-state index contributed by atoms with van der Waals surface area (Å²) in [6, 6.07) is 14.2. The quantitative estimate of drug-likeness (QED) is 0.655. The molecule has 90 valence electrons. The van der Waals surface area contributed by atoms with Gasteiger partial charge >= 0.3 is 0 Å². The number of phenolic OH excluding ortho intramolecular Hbond substituents is 1. The molecule has 0 radical (unpaired) electrons. The van der Waals surface area contributed by atoms with Crippen molar-refractivity contribution in [1.82, 2.24) is 0 Å². The van der Waals surface area contributed by atoms with Gasteiger partial charge in [0.15, 0.2) is 5.78 Å². The summed E-state index contributed by atoms with van der Waals surface area (Å²) in [5, 5.41) is 9.30. The summed E-state index contributed by atoms with van der Waals surface area (Å²) < 4.78 is 0. The minimum absolute atomic E-state index is 0.0249. The van der Waals surface area contributed by atoms with Crippen molar-refractivity contribution in [2.75, 3.05) is 0 Å². The first-order valence-corrected chi connectivity index (χ1v) is 5.74. The second-order valence-corrected chi connectivity index (χ2v) is 4.10. The third kappa shape index (κ3) is 2.86. The fraction of sp³-hybridized carbons (Fsp3) is 0.0625. The Hall–Kier alpha value is -2.35. The summed E-state index contributed by atoms with van der Waals surface area (Å²) in [6.07, 6.45) is 3.32. The number of aryl methyl sites for hydroxylation is 1. The van der Waals surface area contributed by atoms with Gasteiger partial charge in [-0.3, -0.25) is 4.79 Å². The largest absolute Gasteiger partial charge is 0.508 e. The minimum atomic E-state index is -0.0249. The second-order valence-electron chi connectivity index (χ2n) is 4.10. The van der Waals surface area contributed by atoms with Crippen LogP contribution in [-0.4, -0.2) is 10.9 Å². The molecule has 0 spiro atoms. The molecule has 0 atom stereocenters. The Morgan fingerprint density at radius 2 is 1.83 bits per heavy atom. The van der Waals surface area contributed by atoms with E-state index in [4.69, 9.17) is 0 Å². The molecular formula is C16H14O2. The van der Waals surface area contributed by atoms with Gasteiger partial charge in [-0.2, -0.15) is 0 Å². The number of aromatic hydroxyl groups is 1. The summed E-state index contributed by atoms with van der Waals surface area (Å²) in [7, 11) is 0. The van der Waals surface area contributed by atoms with Gasteiger partial charge in [0.25, 0.3) is 0 Å². The lowest BCUT2D eigenvalue weighted by atomic mass is 10.1. The Morgan fingerprint density at radius 1 is 1.11 bits per heavy atom. The van der Waals surface area contributed by atoms with Crippen molar-refractivity contribution in [3.8, 4) is 5.75 Å². The van der Waals surface area contributed by atoms with E-state index in [1.165, 1.54) is 0 Å². The van der Waals surface area contributed by atoms with Crippen LogP contribution in [0.2, 0.25) is 0 Å². The summed E-state index contributed by atoms with van der Waals surface area (Å²) in [5.74, 6) is 0.210. The van der Waals surface area contributed by atoms with Crippen LogP contribution in [0.5, 0.6) is 5.75 Å². The molecule has 2 rings (SSSR count). The van der Waals surface area contributed by atoms with Crippen LogP contribution in [0.3, 0.4) is 0 Å². The van der Waals surface area contributed by atoms with E-state index in [0.29, 0.717) is 5.56 Å². The van der Waals surface area contributed by atoms with Crippen molar-refractivity contribution in [3.63, 3.8) is 0 Å². The highest BCUT2D eigenvalue weighted by atomic mass is 16.3. The Bertz CT molecular complexity index is 583. The molecule has 0 saturated heterocycles. The SMILES string of the molecule is Cc1cc(O)ccc1/C=C/C(=O)c1ccccc1. The van der Waals surface area contributed by atoms with Crippen molar-refractivity contribution in [2.24, 2.45) is 0 Å². The van der Waals surface area contributed by atoms with Crippen LogP contribution in [0.4, 0.5) is 0 Å². The Labute approximate surface area is 106 Å². The molecule has 0 saturated carbocycles. The van der Waals surface area contributed by atoms with Crippen molar-refractivity contribution < 1.29 is 9.90 Å². The smallest absolute Gasteiger partial charge is 0.185 e. The fourth-order valence-electron chi connectivity index (χ4n) is 1.71. The number of hydrogen-bond acceptors (Lipinski definition) is 2. The van der Waals surface area contributed by atoms with Gasteiger partial charge in [-0.05, 0) is 36.3 Å². The van der Waals surface area contributed by atoms with E-state index in [2.05, 4.69) is 0 Å². The molecular weight excluding hydrogens is 224 g/mol. The van der Waals surface area contributed by atoms with Gasteiger partial charge in [0.2, 0.25) is 0 Å². The van der Waals surface area contributed by atoms with E-state index in [-0.39, 0.29) is 11.5 Å². The predicted octanol–water partition coefficient (Wildman–Crippen LogP) is 3.60. The second kappa shape index (κ2) is 5.32. The number of hydrogen-bond donors (Lipinski definition) is 1. The van der Waals surface area contributed by atoms with E-state index in [1.54, 1.807) is 42.5 Å². The van der Waals surface area contributed by atoms with E-state index in [0.717, 1.165) is 11.1 Å². The van der Waals surface area contributed by atoms with Gasteiger partial charge in [-0.25, -0.2) is 0 Å². The van der Waals surface area contributed by atoms with E-state index < -0.39 is 0 Å². The first kappa shape index (κ1) is 12.1. The molecule has 1 N–H and O–H groups in total. The zero-order chi connectivity index (χ0) is 13.0. The Balaban J connectivity index is 2.19. The van der Waals surface area contributed by atoms with E-state index >= 15 is 0 Å². The number of ketones is 1. The lowest BCUT2D eigenvalue weighted by Gasteiger charge is -2.00. The number of rotatable bonds is 3. The molecule has 0 fully saturated rings. The first-order valence-electron chi connectivity index (χ1n) is 5.74. The highest BCUT2D eigenvalue weighted by Crippen LogP contribution is 2.17. The van der Waals surface area contributed by atoms with Gasteiger partial charge in [0, 0.05) is 5.56 Å². The third-order valence-electron chi connectivity index (χ3n) is 2.73. The molecule has 0 unspecified atom stereocenters. The lowest BCUT2D eigenvalue weighted by Crippen LogP contribution is -1.93. The van der Waals surface area contributed by atoms with E-state index in [9.17, 15) is 9.90 Å². The molecule has 0 aromatic heterocycles. The zero-order valence-corrected chi connectivity index (χ0v) is 10.1. The number of carbonyl (C=O) groups excluding carboxylic acids is 1. The number of allylic oxidation sites excluding steroid dienone is 1. The Morgan fingerprint density at radius 3 is 2.50 bits per heavy atom. The average molecular weight is 238 g/mol. The highest BCUT2D eigenvalue weighted by molar-refractivity contribution is 6.06. The predicted molar refractivity (Wildman–Crippen MR) is 72.7 cm³/mol. The minimum Gasteiger partial charge on any atom is -0.508 e. The number of benzene rings is 2. The normalized spacial score (nSPS) is 10.7. The molecule has 2 aromatic rings. The number of phenols is 1. The van der Waals surface area contributed by atoms with Gasteiger partial charge in [-0.1, -0.05) is 42.5 Å². The highest BCUT2D eigenvalue weighted by Gasteiger charge is 2.00. The van der Waals surface area contributed by atoms with Gasteiger partial charge < -0.3 is 5.11 Å². The fourth-order valence-corrected chi connectivity index (χ4v) is 1.71. The maximum absolute atomic E-state index is 11.9. The molecule has 0 heterocycles. The molecule has 0 aliphatic carbocycles. The van der Waals surface area contributed by atoms with Crippen LogP contribution in [0.25, 0.3) is 6.08 Å². The van der Waals surface area contributed by atoms with Crippen LogP contribution in [0, 0.1) is 6.92 Å².